The standard InChI is InChI=1S/C31H35NO3S/c1-2-32(27(36)19-21-11-6-5-7-12-21)24-14-10-13-23(20-24)28(22-17-18-22)29-30(33)25-15-8-3-4-9-16-26(25)35-31(29)34/h5-7,10-14,20,22,28,33H,2-4,8-9,15-19H2,1H3. The summed E-state index contributed by atoms with van der Waals surface area (Å²) in [4.78, 5) is 16.3. The van der Waals surface area contributed by atoms with Gasteiger partial charge in [-0.3, -0.25) is 0 Å². The number of rotatable bonds is 7. The second kappa shape index (κ2) is 11.0. The Bertz CT molecular complexity index is 1280. The van der Waals surface area contributed by atoms with Gasteiger partial charge in [0.2, 0.25) is 0 Å². The van der Waals surface area contributed by atoms with Gasteiger partial charge in [-0.1, -0.05) is 67.5 Å². The molecule has 1 unspecified atom stereocenters. The first-order valence-corrected chi connectivity index (χ1v) is 13.8. The molecule has 0 radical (unpaired) electrons. The molecule has 5 heteroatoms. The van der Waals surface area contributed by atoms with Crippen LogP contribution in [0, 0.1) is 5.92 Å². The van der Waals surface area contributed by atoms with Crippen LogP contribution in [-0.2, 0) is 19.3 Å². The van der Waals surface area contributed by atoms with E-state index >= 15 is 0 Å². The highest BCUT2D eigenvalue weighted by Crippen LogP contribution is 2.49. The van der Waals surface area contributed by atoms with Crippen LogP contribution in [-0.4, -0.2) is 16.6 Å². The lowest BCUT2D eigenvalue weighted by Gasteiger charge is -2.26. The van der Waals surface area contributed by atoms with Crippen LogP contribution in [0.4, 0.5) is 5.69 Å². The molecule has 1 saturated carbocycles. The molecule has 2 aliphatic rings. The molecule has 0 saturated heterocycles. The Labute approximate surface area is 219 Å². The minimum Gasteiger partial charge on any atom is -0.507 e. The Morgan fingerprint density at radius 3 is 2.53 bits per heavy atom. The smallest absolute Gasteiger partial charge is 0.343 e. The summed E-state index contributed by atoms with van der Waals surface area (Å²) in [5.41, 5.74) is 4.19. The Kier molecular flexibility index (Phi) is 7.56. The van der Waals surface area contributed by atoms with E-state index in [1.807, 2.05) is 24.3 Å². The van der Waals surface area contributed by atoms with E-state index in [1.54, 1.807) is 0 Å². The molecule has 1 atom stereocenters. The number of aromatic hydroxyl groups is 1. The largest absolute Gasteiger partial charge is 0.507 e. The van der Waals surface area contributed by atoms with Crippen molar-refractivity contribution in [3.63, 3.8) is 0 Å². The van der Waals surface area contributed by atoms with Crippen molar-refractivity contribution in [1.82, 2.24) is 0 Å². The summed E-state index contributed by atoms with van der Waals surface area (Å²) in [6, 6.07) is 18.6. The van der Waals surface area contributed by atoms with Gasteiger partial charge in [0.15, 0.2) is 0 Å². The Hall–Kier alpha value is -2.92. The lowest BCUT2D eigenvalue weighted by molar-refractivity contribution is 0.382. The zero-order chi connectivity index (χ0) is 25.1. The average Bonchev–Trinajstić information content (AvgIpc) is 3.69. The van der Waals surface area contributed by atoms with Crippen molar-refractivity contribution in [2.75, 3.05) is 11.4 Å². The minimum atomic E-state index is -0.374. The fourth-order valence-electron chi connectivity index (χ4n) is 5.65. The van der Waals surface area contributed by atoms with Crippen molar-refractivity contribution < 1.29 is 9.52 Å². The van der Waals surface area contributed by atoms with E-state index in [1.165, 1.54) is 5.56 Å². The number of anilines is 1. The normalized spacial score (nSPS) is 16.5. The van der Waals surface area contributed by atoms with Crippen molar-refractivity contribution in [3.05, 3.63) is 93.0 Å². The fraction of sp³-hybridized carbons (Fsp3) is 0.419. The van der Waals surface area contributed by atoms with Crippen molar-refractivity contribution in [2.24, 2.45) is 5.92 Å². The quantitative estimate of drug-likeness (QED) is 0.355. The Morgan fingerprint density at radius 2 is 1.81 bits per heavy atom. The summed E-state index contributed by atoms with van der Waals surface area (Å²) in [6.45, 7) is 2.87. The average molecular weight is 502 g/mol. The zero-order valence-electron chi connectivity index (χ0n) is 21.0. The Balaban J connectivity index is 1.50. The molecule has 5 rings (SSSR count). The minimum absolute atomic E-state index is 0.168. The molecule has 2 aliphatic carbocycles. The van der Waals surface area contributed by atoms with Crippen LogP contribution in [0.15, 0.2) is 63.8 Å². The lowest BCUT2D eigenvalue weighted by Crippen LogP contribution is -2.30. The van der Waals surface area contributed by atoms with Crippen LogP contribution in [0.3, 0.4) is 0 Å². The first kappa shape index (κ1) is 24.8. The van der Waals surface area contributed by atoms with Crippen LogP contribution >= 0.6 is 12.2 Å². The van der Waals surface area contributed by atoms with Gasteiger partial charge >= 0.3 is 5.63 Å². The molecule has 1 heterocycles. The van der Waals surface area contributed by atoms with Crippen LogP contribution < -0.4 is 10.5 Å². The number of nitrogens with zero attached hydrogens (tertiary/aromatic N) is 1. The molecule has 1 fully saturated rings. The first-order valence-electron chi connectivity index (χ1n) is 13.4. The number of benzene rings is 2. The number of fused-ring (bicyclic) bond motifs is 1. The predicted molar refractivity (Wildman–Crippen MR) is 149 cm³/mol. The van der Waals surface area contributed by atoms with Crippen molar-refractivity contribution >= 4 is 22.9 Å². The zero-order valence-corrected chi connectivity index (χ0v) is 21.9. The van der Waals surface area contributed by atoms with Crippen LogP contribution in [0.25, 0.3) is 0 Å². The van der Waals surface area contributed by atoms with Gasteiger partial charge in [-0.05, 0) is 68.2 Å². The molecule has 1 N–H and O–H groups in total. The van der Waals surface area contributed by atoms with Crippen LogP contribution in [0.2, 0.25) is 0 Å². The summed E-state index contributed by atoms with van der Waals surface area (Å²) in [6.07, 6.45) is 8.61. The van der Waals surface area contributed by atoms with E-state index in [2.05, 4.69) is 42.2 Å². The molecule has 1 aromatic heterocycles. The summed E-state index contributed by atoms with van der Waals surface area (Å²) >= 11 is 5.86. The monoisotopic (exact) mass is 501 g/mol. The van der Waals surface area contributed by atoms with Crippen molar-refractivity contribution in [3.8, 4) is 5.75 Å². The topological polar surface area (TPSA) is 53.7 Å². The van der Waals surface area contributed by atoms with E-state index in [-0.39, 0.29) is 17.3 Å². The van der Waals surface area contributed by atoms with Gasteiger partial charge in [0.05, 0.1) is 10.6 Å². The highest BCUT2D eigenvalue weighted by Gasteiger charge is 2.38. The number of aryl methyl sites for hydroxylation is 1. The molecular formula is C31H35NO3S. The maximum absolute atomic E-state index is 13.3. The summed E-state index contributed by atoms with van der Waals surface area (Å²) in [7, 11) is 0. The molecule has 0 aliphatic heterocycles. The van der Waals surface area contributed by atoms with Crippen LogP contribution in [0.5, 0.6) is 5.75 Å². The van der Waals surface area contributed by atoms with Crippen LogP contribution in [0.1, 0.15) is 79.4 Å². The third kappa shape index (κ3) is 5.27. The Morgan fingerprint density at radius 1 is 1.06 bits per heavy atom. The molecule has 3 aromatic rings. The van der Waals surface area contributed by atoms with E-state index in [0.717, 1.165) is 79.7 Å². The molecular weight excluding hydrogens is 466 g/mol. The summed E-state index contributed by atoms with van der Waals surface area (Å²) in [5, 5.41) is 11.4. The summed E-state index contributed by atoms with van der Waals surface area (Å²) < 4.78 is 5.88. The second-order valence-corrected chi connectivity index (χ2v) is 10.6. The summed E-state index contributed by atoms with van der Waals surface area (Å²) in [5.74, 6) is 1.04. The molecule has 2 aromatic carbocycles. The SMILES string of the molecule is CCN(C(=S)Cc1ccccc1)c1cccc(C(c2c(O)c3c(oc2=O)CCCCCC3)C2CC2)c1. The molecule has 36 heavy (non-hydrogen) atoms. The van der Waals surface area contributed by atoms with Crippen molar-refractivity contribution in [1.29, 1.82) is 0 Å². The molecule has 188 valence electrons. The third-order valence-corrected chi connectivity index (χ3v) is 8.02. The number of hydrogen-bond acceptors (Lipinski definition) is 4. The van der Waals surface area contributed by atoms with Crippen molar-refractivity contribution in [2.45, 2.75) is 70.6 Å². The maximum atomic E-state index is 13.3. The van der Waals surface area contributed by atoms with Gasteiger partial charge in [-0.15, -0.1) is 0 Å². The molecule has 0 spiro atoms. The number of hydrogen-bond donors (Lipinski definition) is 1. The number of thiocarbonyl (C=S) groups is 1. The molecule has 0 amide bonds. The van der Waals surface area contributed by atoms with Gasteiger partial charge in [-0.2, -0.15) is 0 Å². The highest BCUT2D eigenvalue weighted by molar-refractivity contribution is 7.80. The highest BCUT2D eigenvalue weighted by atomic mass is 32.1. The third-order valence-electron chi connectivity index (χ3n) is 7.65. The van der Waals surface area contributed by atoms with E-state index in [0.29, 0.717) is 23.7 Å². The van der Waals surface area contributed by atoms with Gasteiger partial charge in [0.25, 0.3) is 0 Å². The lowest BCUT2D eigenvalue weighted by atomic mass is 9.85. The molecule has 0 bridgehead atoms. The van der Waals surface area contributed by atoms with Gasteiger partial charge in [0.1, 0.15) is 11.5 Å². The first-order chi connectivity index (χ1) is 17.6. The van der Waals surface area contributed by atoms with E-state index < -0.39 is 0 Å². The van der Waals surface area contributed by atoms with Gasteiger partial charge in [0, 0.05) is 36.6 Å². The van der Waals surface area contributed by atoms with E-state index in [4.69, 9.17) is 16.6 Å². The predicted octanol–water partition coefficient (Wildman–Crippen LogP) is 6.94. The van der Waals surface area contributed by atoms with Gasteiger partial charge < -0.3 is 14.4 Å². The number of likely N-dealkylation sites (N-methyl/N-ethyl adjacent to an activating group) is 1. The molecule has 4 nitrogen and oxygen atoms in total. The van der Waals surface area contributed by atoms with E-state index in [9.17, 15) is 9.90 Å². The second-order valence-electron chi connectivity index (χ2n) is 10.2. The maximum Gasteiger partial charge on any atom is 0.343 e. The van der Waals surface area contributed by atoms with Gasteiger partial charge in [-0.25, -0.2) is 4.79 Å². The fourth-order valence-corrected chi connectivity index (χ4v) is 6.05.